The Morgan fingerprint density at radius 3 is 2.09 bits per heavy atom. The van der Waals surface area contributed by atoms with Crippen molar-refractivity contribution in [2.75, 3.05) is 22.9 Å². The van der Waals surface area contributed by atoms with E-state index >= 15 is 0 Å². The third-order valence-corrected chi connectivity index (χ3v) is 7.56. The maximum Gasteiger partial charge on any atom is 0.264 e. The average molecular weight is 470 g/mol. The van der Waals surface area contributed by atoms with Crippen molar-refractivity contribution in [1.82, 2.24) is 0 Å². The van der Waals surface area contributed by atoms with Gasteiger partial charge in [0.05, 0.1) is 27.1 Å². The molecule has 1 amide bonds. The molecule has 3 aromatic carbocycles. The first-order valence-corrected chi connectivity index (χ1v) is 12.6. The molecule has 0 heterocycles. The van der Waals surface area contributed by atoms with Crippen molar-refractivity contribution in [3.05, 3.63) is 83.9 Å². The molecule has 0 aromatic heterocycles. The second-order valence-electron chi connectivity index (χ2n) is 6.91. The molecule has 0 fully saturated rings. The molecule has 32 heavy (non-hydrogen) atoms. The van der Waals surface area contributed by atoms with Crippen LogP contribution >= 0.6 is 0 Å². The number of sulfonamides is 1. The van der Waals surface area contributed by atoms with E-state index in [9.17, 15) is 21.6 Å². The fourth-order valence-electron chi connectivity index (χ4n) is 2.83. The Hall–Kier alpha value is -3.68. The number of nitrogens with one attached hydrogen (secondary N) is 1. The Balaban J connectivity index is 1.85. The highest BCUT2D eigenvalue weighted by molar-refractivity contribution is 7.92. The predicted octanol–water partition coefficient (Wildman–Crippen LogP) is 3.04. The monoisotopic (exact) mass is 469 g/mol. The van der Waals surface area contributed by atoms with Crippen molar-refractivity contribution in [3.63, 3.8) is 0 Å². The first-order valence-electron chi connectivity index (χ1n) is 9.23. The zero-order valence-corrected chi connectivity index (χ0v) is 18.8. The Morgan fingerprint density at radius 1 is 0.906 bits per heavy atom. The summed E-state index contributed by atoms with van der Waals surface area (Å²) in [4.78, 5) is 12.6. The van der Waals surface area contributed by atoms with Gasteiger partial charge < -0.3 is 5.32 Å². The lowest BCUT2D eigenvalue weighted by Crippen LogP contribution is -2.27. The van der Waals surface area contributed by atoms with E-state index in [1.807, 2.05) is 6.07 Å². The number of nitrogens with zero attached hydrogens (tertiary/aromatic N) is 2. The topological polar surface area (TPSA) is 124 Å². The molecule has 0 aliphatic carbocycles. The molecule has 0 saturated carbocycles. The van der Waals surface area contributed by atoms with Crippen molar-refractivity contribution in [1.29, 1.82) is 5.26 Å². The lowest BCUT2D eigenvalue weighted by molar-refractivity contribution is 0.102. The van der Waals surface area contributed by atoms with Crippen molar-refractivity contribution < 1.29 is 21.6 Å². The minimum atomic E-state index is -4.01. The molecular formula is C22H19N3O5S2. The zero-order valence-electron chi connectivity index (χ0n) is 17.2. The van der Waals surface area contributed by atoms with Crippen LogP contribution in [0.1, 0.15) is 15.9 Å². The molecule has 1 N–H and O–H groups in total. The Bertz CT molecular complexity index is 1410. The van der Waals surface area contributed by atoms with Crippen LogP contribution in [-0.4, -0.2) is 36.0 Å². The van der Waals surface area contributed by atoms with Gasteiger partial charge in [0.15, 0.2) is 9.84 Å². The number of carbonyl (C=O) groups is 1. The number of amides is 1. The SMILES string of the molecule is CN(c1ccc(S(C)(=O)=O)cc1)S(=O)(=O)c1cccc(C(=O)Nc2ccc(C#N)cc2)c1. The molecule has 0 bridgehead atoms. The van der Waals surface area contributed by atoms with Gasteiger partial charge in [-0.2, -0.15) is 5.26 Å². The van der Waals surface area contributed by atoms with Crippen LogP contribution in [0.2, 0.25) is 0 Å². The van der Waals surface area contributed by atoms with Gasteiger partial charge in [0.2, 0.25) is 0 Å². The van der Waals surface area contributed by atoms with Gasteiger partial charge in [-0.3, -0.25) is 9.10 Å². The number of sulfone groups is 1. The van der Waals surface area contributed by atoms with E-state index in [0.717, 1.165) is 10.6 Å². The number of benzene rings is 3. The van der Waals surface area contributed by atoms with Crippen molar-refractivity contribution in [3.8, 4) is 6.07 Å². The average Bonchev–Trinajstić information content (AvgIpc) is 2.78. The smallest absolute Gasteiger partial charge is 0.264 e. The minimum absolute atomic E-state index is 0.0773. The maximum absolute atomic E-state index is 13.1. The molecule has 0 saturated heterocycles. The van der Waals surface area contributed by atoms with Crippen molar-refractivity contribution in [2.24, 2.45) is 0 Å². The first-order chi connectivity index (χ1) is 15.0. The van der Waals surface area contributed by atoms with Gasteiger partial charge in [-0.25, -0.2) is 16.8 Å². The number of carbonyl (C=O) groups excluding carboxylic acids is 1. The fourth-order valence-corrected chi connectivity index (χ4v) is 4.70. The second-order valence-corrected chi connectivity index (χ2v) is 10.9. The van der Waals surface area contributed by atoms with Crippen LogP contribution < -0.4 is 9.62 Å². The van der Waals surface area contributed by atoms with Gasteiger partial charge in [0.1, 0.15) is 0 Å². The van der Waals surface area contributed by atoms with E-state index in [-0.39, 0.29) is 21.0 Å². The largest absolute Gasteiger partial charge is 0.322 e. The first kappa shape index (κ1) is 23.0. The summed E-state index contributed by atoms with van der Waals surface area (Å²) in [5, 5.41) is 11.5. The number of anilines is 2. The Morgan fingerprint density at radius 2 is 1.53 bits per heavy atom. The number of hydrogen-bond acceptors (Lipinski definition) is 6. The molecule has 0 aliphatic heterocycles. The molecule has 10 heteroatoms. The van der Waals surface area contributed by atoms with E-state index in [4.69, 9.17) is 5.26 Å². The molecular weight excluding hydrogens is 450 g/mol. The van der Waals surface area contributed by atoms with Gasteiger partial charge in [0, 0.05) is 24.6 Å². The molecule has 0 radical (unpaired) electrons. The summed E-state index contributed by atoms with van der Waals surface area (Å²) >= 11 is 0. The summed E-state index contributed by atoms with van der Waals surface area (Å²) in [6, 6.07) is 19.3. The van der Waals surface area contributed by atoms with Gasteiger partial charge in [0.25, 0.3) is 15.9 Å². The summed E-state index contributed by atoms with van der Waals surface area (Å²) in [5.74, 6) is -0.507. The van der Waals surface area contributed by atoms with Crippen LogP contribution in [0.5, 0.6) is 0 Å². The molecule has 164 valence electrons. The molecule has 0 unspecified atom stereocenters. The lowest BCUT2D eigenvalue weighted by Gasteiger charge is -2.20. The zero-order chi connectivity index (χ0) is 23.5. The third-order valence-electron chi connectivity index (χ3n) is 4.65. The van der Waals surface area contributed by atoms with Crippen molar-refractivity contribution in [2.45, 2.75) is 9.79 Å². The highest BCUT2D eigenvalue weighted by Crippen LogP contribution is 2.24. The normalized spacial score (nSPS) is 11.4. The fraction of sp³-hybridized carbons (Fsp3) is 0.0909. The van der Waals surface area contributed by atoms with E-state index in [1.54, 1.807) is 24.3 Å². The molecule has 0 aliphatic rings. The van der Waals surface area contributed by atoms with E-state index in [1.165, 1.54) is 55.6 Å². The van der Waals surface area contributed by atoms with Crippen LogP contribution in [0.25, 0.3) is 0 Å². The highest BCUT2D eigenvalue weighted by Gasteiger charge is 2.23. The Labute approximate surface area is 186 Å². The quantitative estimate of drug-likeness (QED) is 0.592. The van der Waals surface area contributed by atoms with Crippen LogP contribution in [0.4, 0.5) is 11.4 Å². The van der Waals surface area contributed by atoms with E-state index in [2.05, 4.69) is 5.32 Å². The Kier molecular flexibility index (Phi) is 6.34. The van der Waals surface area contributed by atoms with Crippen molar-refractivity contribution >= 4 is 37.1 Å². The summed E-state index contributed by atoms with van der Waals surface area (Å²) in [7, 11) is -6.08. The highest BCUT2D eigenvalue weighted by atomic mass is 32.2. The molecule has 3 rings (SSSR count). The molecule has 3 aromatic rings. The maximum atomic E-state index is 13.1. The number of hydrogen-bond donors (Lipinski definition) is 1. The summed E-state index contributed by atoms with van der Waals surface area (Å²) < 4.78 is 50.4. The van der Waals surface area contributed by atoms with Crippen LogP contribution in [-0.2, 0) is 19.9 Å². The minimum Gasteiger partial charge on any atom is -0.322 e. The number of nitriles is 1. The summed E-state index contributed by atoms with van der Waals surface area (Å²) in [6.07, 6.45) is 1.07. The lowest BCUT2D eigenvalue weighted by atomic mass is 10.2. The summed E-state index contributed by atoms with van der Waals surface area (Å²) in [5.41, 5.74) is 1.31. The van der Waals surface area contributed by atoms with Gasteiger partial charge in [-0.1, -0.05) is 6.07 Å². The standard InChI is InChI=1S/C22H19N3O5S2/c1-25(19-10-12-20(13-11-19)31(2,27)28)32(29,30)21-5-3-4-17(14-21)22(26)24-18-8-6-16(15-23)7-9-18/h3-14H,1-2H3,(H,24,26). The van der Waals surface area contributed by atoms with E-state index < -0.39 is 25.8 Å². The third kappa shape index (κ3) is 4.96. The van der Waals surface area contributed by atoms with Crippen LogP contribution in [0.15, 0.2) is 82.6 Å². The molecule has 0 atom stereocenters. The molecule has 0 spiro atoms. The molecule has 8 nitrogen and oxygen atoms in total. The number of rotatable bonds is 6. The van der Waals surface area contributed by atoms with Gasteiger partial charge in [-0.15, -0.1) is 0 Å². The van der Waals surface area contributed by atoms with E-state index in [0.29, 0.717) is 11.3 Å². The predicted molar refractivity (Wildman–Crippen MR) is 121 cm³/mol. The second kappa shape index (κ2) is 8.82. The van der Waals surface area contributed by atoms with Gasteiger partial charge >= 0.3 is 0 Å². The van der Waals surface area contributed by atoms with Crippen LogP contribution in [0, 0.1) is 11.3 Å². The summed E-state index contributed by atoms with van der Waals surface area (Å²) in [6.45, 7) is 0. The van der Waals surface area contributed by atoms with Crippen LogP contribution in [0.3, 0.4) is 0 Å². The van der Waals surface area contributed by atoms with Gasteiger partial charge in [-0.05, 0) is 66.7 Å².